The second kappa shape index (κ2) is 10.2. The van der Waals surface area contributed by atoms with Crippen LogP contribution in [0.5, 0.6) is 5.75 Å². The third-order valence-electron chi connectivity index (χ3n) is 6.74. The summed E-state index contributed by atoms with van der Waals surface area (Å²) in [6, 6.07) is 13.5. The quantitative estimate of drug-likeness (QED) is 0.581. The molecule has 5 rings (SSSR count). The van der Waals surface area contributed by atoms with E-state index >= 15 is 0 Å². The van der Waals surface area contributed by atoms with E-state index < -0.39 is 6.09 Å². The first-order valence-corrected chi connectivity index (χ1v) is 12.1. The predicted octanol–water partition coefficient (Wildman–Crippen LogP) is 4.59. The van der Waals surface area contributed by atoms with Crippen molar-refractivity contribution in [1.29, 1.82) is 0 Å². The molecule has 35 heavy (non-hydrogen) atoms. The first-order valence-electron chi connectivity index (χ1n) is 12.1. The second-order valence-corrected chi connectivity index (χ2v) is 9.16. The van der Waals surface area contributed by atoms with Crippen LogP contribution in [-0.4, -0.2) is 51.0 Å². The van der Waals surface area contributed by atoms with E-state index in [2.05, 4.69) is 15.6 Å². The Morgan fingerprint density at radius 2 is 1.71 bits per heavy atom. The Labute approximate surface area is 203 Å². The first-order chi connectivity index (χ1) is 17.0. The lowest BCUT2D eigenvalue weighted by Crippen LogP contribution is -2.39. The van der Waals surface area contributed by atoms with Crippen LogP contribution in [0.15, 0.2) is 54.7 Å². The number of halogens is 1. The van der Waals surface area contributed by atoms with Gasteiger partial charge in [0.2, 0.25) is 0 Å². The van der Waals surface area contributed by atoms with Gasteiger partial charge in [-0.1, -0.05) is 29.5 Å². The van der Waals surface area contributed by atoms with Gasteiger partial charge in [-0.25, -0.2) is 13.9 Å². The molecule has 0 unspecified atom stereocenters. The van der Waals surface area contributed by atoms with Gasteiger partial charge in [0.25, 0.3) is 5.91 Å². The minimum atomic E-state index is -0.496. The van der Waals surface area contributed by atoms with Gasteiger partial charge in [-0.15, -0.1) is 5.10 Å². The molecule has 8 nitrogen and oxygen atoms in total. The lowest BCUT2D eigenvalue weighted by atomic mass is 9.91. The molecule has 1 aliphatic heterocycles. The van der Waals surface area contributed by atoms with Gasteiger partial charge in [-0.3, -0.25) is 4.79 Å². The van der Waals surface area contributed by atoms with Crippen molar-refractivity contribution in [2.45, 2.75) is 50.6 Å². The summed E-state index contributed by atoms with van der Waals surface area (Å²) in [6.45, 7) is 1.57. The number of nitrogens with zero attached hydrogens (tertiary/aromatic N) is 4. The smallest absolute Gasteiger partial charge is 0.410 e. The van der Waals surface area contributed by atoms with Crippen LogP contribution >= 0.6 is 0 Å². The molecule has 1 aliphatic carbocycles. The maximum atomic E-state index is 13.2. The summed E-state index contributed by atoms with van der Waals surface area (Å²) in [6.07, 6.45) is 6.55. The summed E-state index contributed by atoms with van der Waals surface area (Å²) in [5.41, 5.74) is 2.08. The molecule has 3 aromatic rings. The van der Waals surface area contributed by atoms with E-state index in [9.17, 15) is 14.0 Å². The van der Waals surface area contributed by atoms with Crippen LogP contribution in [-0.2, 0) is 0 Å². The summed E-state index contributed by atoms with van der Waals surface area (Å²) in [4.78, 5) is 26.8. The predicted molar refractivity (Wildman–Crippen MR) is 127 cm³/mol. The van der Waals surface area contributed by atoms with E-state index in [0.717, 1.165) is 62.7 Å². The van der Waals surface area contributed by atoms with Crippen LogP contribution in [0.3, 0.4) is 0 Å². The Morgan fingerprint density at radius 1 is 0.971 bits per heavy atom. The lowest BCUT2D eigenvalue weighted by Gasteiger charge is -2.28. The van der Waals surface area contributed by atoms with Gasteiger partial charge in [0.15, 0.2) is 5.69 Å². The summed E-state index contributed by atoms with van der Waals surface area (Å²) in [5, 5.41) is 11.2. The number of carbonyl (C=O) groups is 2. The molecule has 2 aromatic carbocycles. The third-order valence-corrected chi connectivity index (χ3v) is 6.74. The molecule has 1 saturated carbocycles. The number of carbonyl (C=O) groups excluding carboxylic acids is 2. The number of likely N-dealkylation sites (tertiary alicyclic amines) is 1. The highest BCUT2D eigenvalue weighted by Crippen LogP contribution is 2.29. The minimum absolute atomic E-state index is 0.00764. The van der Waals surface area contributed by atoms with Crippen molar-refractivity contribution in [1.82, 2.24) is 25.2 Å². The Balaban J connectivity index is 1.11. The zero-order chi connectivity index (χ0) is 24.2. The number of hydrogen-bond acceptors (Lipinski definition) is 5. The third kappa shape index (κ3) is 5.50. The Hall–Kier alpha value is -3.75. The molecule has 2 aliphatic rings. The van der Waals surface area contributed by atoms with Gasteiger partial charge in [0, 0.05) is 19.1 Å². The maximum absolute atomic E-state index is 13.2. The highest BCUT2D eigenvalue weighted by atomic mass is 19.1. The van der Waals surface area contributed by atoms with Crippen LogP contribution in [0.25, 0.3) is 11.1 Å². The molecule has 0 spiro atoms. The summed E-state index contributed by atoms with van der Waals surface area (Å²) in [5.74, 6) is 0.0845. The number of aromatic nitrogens is 3. The molecule has 0 bridgehead atoms. The number of nitrogens with one attached hydrogen (secondary N) is 1. The van der Waals surface area contributed by atoms with Crippen molar-refractivity contribution >= 4 is 12.0 Å². The Bertz CT molecular complexity index is 1180. The first kappa shape index (κ1) is 23.0. The molecule has 1 aromatic heterocycles. The van der Waals surface area contributed by atoms with Crippen molar-refractivity contribution in [3.63, 3.8) is 0 Å². The van der Waals surface area contributed by atoms with E-state index in [0.29, 0.717) is 11.4 Å². The van der Waals surface area contributed by atoms with Crippen LogP contribution in [0.2, 0.25) is 0 Å². The fourth-order valence-corrected chi connectivity index (χ4v) is 4.80. The van der Waals surface area contributed by atoms with Crippen LogP contribution < -0.4 is 10.1 Å². The topological polar surface area (TPSA) is 89.4 Å². The molecule has 2 heterocycles. The van der Waals surface area contributed by atoms with Crippen molar-refractivity contribution in [2.75, 3.05) is 13.1 Å². The average molecular weight is 478 g/mol. The fourth-order valence-electron chi connectivity index (χ4n) is 4.80. The van der Waals surface area contributed by atoms with E-state index in [1.165, 1.54) is 12.1 Å². The molecule has 0 radical (unpaired) electrons. The molecule has 9 heteroatoms. The molecule has 0 atom stereocenters. The summed E-state index contributed by atoms with van der Waals surface area (Å²) >= 11 is 0. The zero-order valence-corrected chi connectivity index (χ0v) is 19.4. The van der Waals surface area contributed by atoms with Crippen molar-refractivity contribution in [2.24, 2.45) is 0 Å². The standard InChI is InChI=1S/C26H28FN5O3/c27-20-8-6-18(7-9-20)19-4-3-5-23(16-19)35-26(34)28-21-10-12-22(13-11-21)32-17-24(29-30-32)25(33)31-14-1-2-15-31/h3-9,16-17,21-22H,1-2,10-15H2,(H,28,34). The monoisotopic (exact) mass is 477 g/mol. The van der Waals surface area contributed by atoms with Gasteiger partial charge in [-0.2, -0.15) is 0 Å². The fraction of sp³-hybridized carbons (Fsp3) is 0.385. The molecule has 182 valence electrons. The van der Waals surface area contributed by atoms with E-state index in [-0.39, 0.29) is 23.8 Å². The van der Waals surface area contributed by atoms with Gasteiger partial charge in [0.1, 0.15) is 11.6 Å². The van der Waals surface area contributed by atoms with E-state index in [1.54, 1.807) is 41.2 Å². The SMILES string of the molecule is O=C(NC1CCC(n2cc(C(=O)N3CCCC3)nn2)CC1)Oc1cccc(-c2ccc(F)cc2)c1. The lowest BCUT2D eigenvalue weighted by molar-refractivity contribution is 0.0786. The van der Waals surface area contributed by atoms with Gasteiger partial charge >= 0.3 is 6.09 Å². The Kier molecular flexibility index (Phi) is 6.74. The largest absolute Gasteiger partial charge is 0.412 e. The number of benzene rings is 2. The highest BCUT2D eigenvalue weighted by molar-refractivity contribution is 5.92. The van der Waals surface area contributed by atoms with Crippen molar-refractivity contribution < 1.29 is 18.7 Å². The molecule has 1 N–H and O–H groups in total. The summed E-state index contributed by atoms with van der Waals surface area (Å²) in [7, 11) is 0. The maximum Gasteiger partial charge on any atom is 0.412 e. The molecule has 2 fully saturated rings. The number of hydrogen-bond donors (Lipinski definition) is 1. The molecular weight excluding hydrogens is 449 g/mol. The Morgan fingerprint density at radius 3 is 2.46 bits per heavy atom. The molecule has 2 amide bonds. The second-order valence-electron chi connectivity index (χ2n) is 9.16. The number of amides is 2. The van der Waals surface area contributed by atoms with Crippen LogP contribution in [0.1, 0.15) is 55.1 Å². The summed E-state index contributed by atoms with van der Waals surface area (Å²) < 4.78 is 20.5. The average Bonchev–Trinajstić information content (AvgIpc) is 3.58. The van der Waals surface area contributed by atoms with Crippen molar-refractivity contribution in [3.8, 4) is 16.9 Å². The number of rotatable bonds is 5. The highest BCUT2D eigenvalue weighted by Gasteiger charge is 2.27. The van der Waals surface area contributed by atoms with Crippen LogP contribution in [0, 0.1) is 5.82 Å². The van der Waals surface area contributed by atoms with Gasteiger partial charge in [-0.05, 0) is 73.9 Å². The van der Waals surface area contributed by atoms with Gasteiger partial charge < -0.3 is 15.0 Å². The molecular formula is C26H28FN5O3. The zero-order valence-electron chi connectivity index (χ0n) is 19.4. The van der Waals surface area contributed by atoms with Crippen molar-refractivity contribution in [3.05, 3.63) is 66.2 Å². The minimum Gasteiger partial charge on any atom is -0.410 e. The normalized spacial score (nSPS) is 20.0. The van der Waals surface area contributed by atoms with E-state index in [4.69, 9.17) is 4.74 Å². The van der Waals surface area contributed by atoms with E-state index in [1.807, 2.05) is 11.0 Å². The number of ether oxygens (including phenoxy) is 1. The molecule has 1 saturated heterocycles. The van der Waals surface area contributed by atoms with Crippen LogP contribution in [0.4, 0.5) is 9.18 Å². The van der Waals surface area contributed by atoms with Gasteiger partial charge in [0.05, 0.1) is 12.2 Å².